The highest BCUT2D eigenvalue weighted by atomic mass is 79.9. The smallest absolute Gasteiger partial charge is 0.258 e. The zero-order valence-corrected chi connectivity index (χ0v) is 14.7. The van der Waals surface area contributed by atoms with Gasteiger partial charge in [-0.05, 0) is 42.0 Å². The van der Waals surface area contributed by atoms with Crippen LogP contribution in [0.1, 0.15) is 5.56 Å². The number of anilines is 2. The van der Waals surface area contributed by atoms with E-state index >= 15 is 0 Å². The molecule has 1 unspecified atom stereocenters. The molecule has 3 aromatic rings. The maximum atomic E-state index is 10.6. The third kappa shape index (κ3) is 4.16. The number of benzene rings is 2. The summed E-state index contributed by atoms with van der Waals surface area (Å²) in [6.07, 6.45) is 4.60. The number of hydrogen-bond donors (Lipinski definition) is 3. The van der Waals surface area contributed by atoms with Gasteiger partial charge in [-0.15, -0.1) is 0 Å². The maximum absolute atomic E-state index is 10.6. The van der Waals surface area contributed by atoms with Crippen LogP contribution in [-0.4, -0.2) is 18.7 Å². The predicted molar refractivity (Wildman–Crippen MR) is 99.9 cm³/mol. The van der Waals surface area contributed by atoms with Gasteiger partial charge in [0.1, 0.15) is 12.1 Å². The summed E-state index contributed by atoms with van der Waals surface area (Å²) in [5.74, 6) is 0.711. The third-order valence-electron chi connectivity index (χ3n) is 3.19. The second kappa shape index (κ2) is 7.52. The Hall–Kier alpha value is -2.29. The van der Waals surface area contributed by atoms with Gasteiger partial charge in [0.25, 0.3) is 11.3 Å². The molecule has 6 nitrogen and oxygen atoms in total. The van der Waals surface area contributed by atoms with E-state index < -0.39 is 11.3 Å². The van der Waals surface area contributed by atoms with Crippen LogP contribution in [0, 0.1) is 0 Å². The van der Waals surface area contributed by atoms with Crippen LogP contribution in [0.15, 0.2) is 59.5 Å². The molecule has 8 heteroatoms. The number of hydrogen-bond acceptors (Lipinski definition) is 4. The summed E-state index contributed by atoms with van der Waals surface area (Å²) < 4.78 is 22.5. The van der Waals surface area contributed by atoms with Gasteiger partial charge in [0.05, 0.1) is 5.52 Å². The van der Waals surface area contributed by atoms with Crippen LogP contribution in [0.25, 0.3) is 17.0 Å². The maximum Gasteiger partial charge on any atom is 0.258 e. The molecule has 0 aliphatic heterocycles. The second-order valence-electron chi connectivity index (χ2n) is 4.83. The van der Waals surface area contributed by atoms with Gasteiger partial charge in [0, 0.05) is 21.7 Å². The van der Waals surface area contributed by atoms with Crippen molar-refractivity contribution >= 4 is 55.7 Å². The quantitative estimate of drug-likeness (QED) is 0.562. The van der Waals surface area contributed by atoms with Gasteiger partial charge in [-0.1, -0.05) is 28.1 Å². The van der Waals surface area contributed by atoms with Crippen molar-refractivity contribution in [3.63, 3.8) is 0 Å². The molecule has 1 atom stereocenters. The fourth-order valence-corrected chi connectivity index (χ4v) is 2.75. The van der Waals surface area contributed by atoms with E-state index in [0.717, 1.165) is 26.6 Å². The minimum absolute atomic E-state index is 0.711. The van der Waals surface area contributed by atoms with Crippen molar-refractivity contribution in [3.05, 3.63) is 65.0 Å². The number of fused-ring (bicyclic) bond motifs is 1. The van der Waals surface area contributed by atoms with E-state index in [0.29, 0.717) is 5.82 Å². The Balaban J connectivity index is 1.90. The lowest BCUT2D eigenvalue weighted by Gasteiger charge is -2.09. The molecule has 0 aliphatic carbocycles. The van der Waals surface area contributed by atoms with Gasteiger partial charge in [-0.3, -0.25) is 9.27 Å². The fourth-order valence-electron chi connectivity index (χ4n) is 2.17. The molecule has 2 aromatic carbocycles. The van der Waals surface area contributed by atoms with Crippen LogP contribution in [0.2, 0.25) is 0 Å². The summed E-state index contributed by atoms with van der Waals surface area (Å²) in [6, 6.07) is 13.5. The van der Waals surface area contributed by atoms with E-state index in [1.807, 2.05) is 42.5 Å². The van der Waals surface area contributed by atoms with Gasteiger partial charge < -0.3 is 5.32 Å². The van der Waals surface area contributed by atoms with Crippen molar-refractivity contribution in [2.45, 2.75) is 0 Å². The van der Waals surface area contributed by atoms with Crippen LogP contribution in [0.3, 0.4) is 0 Å². The summed E-state index contributed by atoms with van der Waals surface area (Å²) >= 11 is 1.37. The Morgan fingerprint density at radius 3 is 2.83 bits per heavy atom. The summed E-state index contributed by atoms with van der Waals surface area (Å²) in [7, 11) is 0. The molecule has 0 saturated heterocycles. The zero-order valence-electron chi connectivity index (χ0n) is 12.3. The van der Waals surface area contributed by atoms with Gasteiger partial charge >= 0.3 is 0 Å². The van der Waals surface area contributed by atoms with Crippen molar-refractivity contribution < 1.29 is 8.76 Å². The van der Waals surface area contributed by atoms with Gasteiger partial charge in [-0.25, -0.2) is 14.2 Å². The topological polar surface area (TPSA) is 87.1 Å². The van der Waals surface area contributed by atoms with Crippen molar-refractivity contribution in [3.8, 4) is 0 Å². The highest BCUT2D eigenvalue weighted by Gasteiger charge is 2.05. The Bertz CT molecular complexity index is 933. The molecular weight excluding hydrogens is 392 g/mol. The average Bonchev–Trinajstić information content (AvgIpc) is 2.54. The summed E-state index contributed by atoms with van der Waals surface area (Å²) in [5.41, 5.74) is 2.55. The van der Waals surface area contributed by atoms with Crippen LogP contribution in [0.4, 0.5) is 11.5 Å². The molecule has 122 valence electrons. The minimum Gasteiger partial charge on any atom is -0.340 e. The largest absolute Gasteiger partial charge is 0.340 e. The van der Waals surface area contributed by atoms with Crippen LogP contribution in [0.5, 0.6) is 0 Å². The Labute approximate surface area is 149 Å². The molecule has 0 aliphatic rings. The van der Waals surface area contributed by atoms with E-state index in [1.54, 1.807) is 6.08 Å². The van der Waals surface area contributed by atoms with Crippen molar-refractivity contribution in [2.24, 2.45) is 0 Å². The molecule has 0 saturated carbocycles. The lowest BCUT2D eigenvalue weighted by atomic mass is 10.1. The van der Waals surface area contributed by atoms with E-state index in [9.17, 15) is 4.21 Å². The number of nitrogens with zero attached hydrogens (tertiary/aromatic N) is 2. The molecule has 3 N–H and O–H groups in total. The SMILES string of the molecule is O=S(O)NC=Cc1ccc2c(Nc3cccc(Br)c3)ncnc2c1. The van der Waals surface area contributed by atoms with Gasteiger partial charge in [0.15, 0.2) is 0 Å². The normalized spacial score (nSPS) is 12.4. The van der Waals surface area contributed by atoms with E-state index in [-0.39, 0.29) is 0 Å². The molecular formula is C16H13BrN4O2S. The average molecular weight is 405 g/mol. The standard InChI is InChI=1S/C16H13BrN4O2S/c17-12-2-1-3-13(9-12)21-16-14-5-4-11(6-7-20-24(22)23)8-15(14)18-10-19-16/h1-10,20H,(H,22,23)(H,18,19,21). The molecule has 0 amide bonds. The van der Waals surface area contributed by atoms with Crippen molar-refractivity contribution in [2.75, 3.05) is 5.32 Å². The first-order chi connectivity index (χ1) is 11.6. The number of nitrogens with one attached hydrogen (secondary N) is 2. The Morgan fingerprint density at radius 2 is 2.04 bits per heavy atom. The van der Waals surface area contributed by atoms with Gasteiger partial charge in [0.2, 0.25) is 0 Å². The van der Waals surface area contributed by atoms with Crippen LogP contribution < -0.4 is 10.0 Å². The lowest BCUT2D eigenvalue weighted by molar-refractivity contribution is 0.558. The lowest BCUT2D eigenvalue weighted by Crippen LogP contribution is -2.06. The highest BCUT2D eigenvalue weighted by Crippen LogP contribution is 2.25. The van der Waals surface area contributed by atoms with Crippen LogP contribution >= 0.6 is 15.9 Å². The Kier molecular flexibility index (Phi) is 5.19. The van der Waals surface area contributed by atoms with Gasteiger partial charge in [-0.2, -0.15) is 0 Å². The van der Waals surface area contributed by atoms with Crippen molar-refractivity contribution in [1.82, 2.24) is 14.7 Å². The van der Waals surface area contributed by atoms with E-state index in [4.69, 9.17) is 4.55 Å². The molecule has 1 aromatic heterocycles. The minimum atomic E-state index is -2.07. The number of rotatable bonds is 5. The van der Waals surface area contributed by atoms with E-state index in [1.165, 1.54) is 12.5 Å². The molecule has 0 spiro atoms. The molecule has 0 bridgehead atoms. The molecule has 0 fully saturated rings. The first kappa shape index (κ1) is 16.6. The highest BCUT2D eigenvalue weighted by molar-refractivity contribution is 9.10. The molecule has 1 heterocycles. The number of halogens is 1. The first-order valence-corrected chi connectivity index (χ1v) is 8.83. The molecule has 0 radical (unpaired) electrons. The first-order valence-electron chi connectivity index (χ1n) is 6.93. The summed E-state index contributed by atoms with van der Waals surface area (Å²) in [5, 5.41) is 4.16. The monoisotopic (exact) mass is 404 g/mol. The summed E-state index contributed by atoms with van der Waals surface area (Å²) in [6.45, 7) is 0. The predicted octanol–water partition coefficient (Wildman–Crippen LogP) is 3.83. The third-order valence-corrected chi connectivity index (χ3v) is 4.02. The summed E-state index contributed by atoms with van der Waals surface area (Å²) in [4.78, 5) is 8.59. The molecule has 3 rings (SSSR count). The second-order valence-corrected chi connectivity index (χ2v) is 6.48. The number of aromatic nitrogens is 2. The zero-order chi connectivity index (χ0) is 16.9. The Morgan fingerprint density at radius 1 is 1.17 bits per heavy atom. The fraction of sp³-hybridized carbons (Fsp3) is 0. The van der Waals surface area contributed by atoms with Crippen LogP contribution in [-0.2, 0) is 11.3 Å². The van der Waals surface area contributed by atoms with E-state index in [2.05, 4.69) is 35.9 Å². The van der Waals surface area contributed by atoms with Crippen molar-refractivity contribution in [1.29, 1.82) is 0 Å². The molecule has 24 heavy (non-hydrogen) atoms.